The van der Waals surface area contributed by atoms with E-state index in [0.717, 1.165) is 9.87 Å². The molecule has 0 unspecified atom stereocenters. The van der Waals surface area contributed by atoms with E-state index < -0.39 is 16.6 Å². The third kappa shape index (κ3) is 5.16. The Balaban J connectivity index is 1.95. The molecule has 0 spiro atoms. The maximum atomic E-state index is 13.7. The number of carbonyl (C=O) groups excluding carboxylic acids is 2. The van der Waals surface area contributed by atoms with Gasteiger partial charge in [0, 0.05) is 24.0 Å². The zero-order chi connectivity index (χ0) is 23.5. The van der Waals surface area contributed by atoms with Crippen LogP contribution < -0.4 is 14.8 Å². The Labute approximate surface area is 192 Å². The molecule has 0 aromatic heterocycles. The number of methoxy groups -OCH3 is 1. The van der Waals surface area contributed by atoms with Crippen LogP contribution in [0.4, 0.5) is 5.69 Å². The van der Waals surface area contributed by atoms with Gasteiger partial charge in [0.2, 0.25) is 11.8 Å². The fraction of sp³-hybridized carbons (Fsp3) is 0.364. The molecular weight excluding hydrogens is 454 g/mol. The van der Waals surface area contributed by atoms with Crippen molar-refractivity contribution in [1.29, 1.82) is 0 Å². The molecular formula is C22H26ClN3O5S. The van der Waals surface area contributed by atoms with Crippen molar-refractivity contribution in [2.24, 2.45) is 11.7 Å². The lowest BCUT2D eigenvalue weighted by Gasteiger charge is -2.33. The molecule has 1 aliphatic rings. The van der Waals surface area contributed by atoms with Crippen molar-refractivity contribution in [2.75, 3.05) is 31.0 Å². The van der Waals surface area contributed by atoms with Crippen LogP contribution in [0.25, 0.3) is 0 Å². The van der Waals surface area contributed by atoms with Gasteiger partial charge in [-0.3, -0.25) is 13.9 Å². The van der Waals surface area contributed by atoms with Crippen LogP contribution >= 0.6 is 11.6 Å². The largest absolute Gasteiger partial charge is 0.495 e. The molecule has 0 bridgehead atoms. The SMILES string of the molecule is COc1ccc(C)cc1S(=O)(=O)N(CC(=O)N1CCC(C(N)=O)CC1)c1ccc(Cl)cc1. The number of anilines is 1. The molecule has 1 fully saturated rings. The zero-order valence-electron chi connectivity index (χ0n) is 18.0. The lowest BCUT2D eigenvalue weighted by molar-refractivity contribution is -0.133. The second kappa shape index (κ2) is 9.79. The van der Waals surface area contributed by atoms with Gasteiger partial charge in [0.15, 0.2) is 0 Å². The van der Waals surface area contributed by atoms with Crippen molar-refractivity contribution in [3.63, 3.8) is 0 Å². The third-order valence-corrected chi connectivity index (χ3v) is 7.58. The smallest absolute Gasteiger partial charge is 0.268 e. The number of halogens is 1. The van der Waals surface area contributed by atoms with Crippen LogP contribution in [0.15, 0.2) is 47.4 Å². The molecule has 0 radical (unpaired) electrons. The van der Waals surface area contributed by atoms with E-state index >= 15 is 0 Å². The molecule has 10 heteroatoms. The molecule has 2 N–H and O–H groups in total. The summed E-state index contributed by atoms with van der Waals surface area (Å²) in [6.07, 6.45) is 0.918. The average Bonchev–Trinajstić information content (AvgIpc) is 2.78. The number of benzene rings is 2. The Morgan fingerprint density at radius 2 is 1.78 bits per heavy atom. The minimum absolute atomic E-state index is 0.0322. The van der Waals surface area contributed by atoms with E-state index in [1.165, 1.54) is 13.2 Å². The molecule has 2 aromatic rings. The molecule has 0 atom stereocenters. The van der Waals surface area contributed by atoms with E-state index in [9.17, 15) is 18.0 Å². The van der Waals surface area contributed by atoms with Crippen molar-refractivity contribution in [1.82, 2.24) is 4.90 Å². The van der Waals surface area contributed by atoms with Crippen molar-refractivity contribution in [3.8, 4) is 5.75 Å². The summed E-state index contributed by atoms with van der Waals surface area (Å²) in [4.78, 5) is 26.0. The van der Waals surface area contributed by atoms with E-state index in [0.29, 0.717) is 36.6 Å². The molecule has 3 rings (SSSR count). The summed E-state index contributed by atoms with van der Waals surface area (Å²) in [7, 11) is -2.75. The summed E-state index contributed by atoms with van der Waals surface area (Å²) in [5, 5.41) is 0.444. The first kappa shape index (κ1) is 23.9. The number of nitrogens with zero attached hydrogens (tertiary/aromatic N) is 2. The number of amides is 2. The van der Waals surface area contributed by atoms with E-state index in [1.807, 2.05) is 0 Å². The Bertz CT molecular complexity index is 1100. The zero-order valence-corrected chi connectivity index (χ0v) is 19.5. The van der Waals surface area contributed by atoms with Gasteiger partial charge in [-0.2, -0.15) is 0 Å². The number of ether oxygens (including phenoxy) is 1. The highest BCUT2D eigenvalue weighted by atomic mass is 35.5. The minimum atomic E-state index is -4.15. The van der Waals surface area contributed by atoms with E-state index in [1.54, 1.807) is 48.2 Å². The monoisotopic (exact) mass is 479 g/mol. The first-order chi connectivity index (χ1) is 15.1. The maximum Gasteiger partial charge on any atom is 0.268 e. The second-order valence-corrected chi connectivity index (χ2v) is 9.97. The predicted molar refractivity (Wildman–Crippen MR) is 122 cm³/mol. The number of aryl methyl sites for hydroxylation is 1. The van der Waals surface area contributed by atoms with Gasteiger partial charge < -0.3 is 15.4 Å². The molecule has 0 saturated carbocycles. The Hall–Kier alpha value is -2.78. The Morgan fingerprint density at radius 3 is 2.34 bits per heavy atom. The quantitative estimate of drug-likeness (QED) is 0.656. The molecule has 1 saturated heterocycles. The normalized spacial score (nSPS) is 14.8. The minimum Gasteiger partial charge on any atom is -0.495 e. The highest BCUT2D eigenvalue weighted by Gasteiger charge is 2.33. The van der Waals surface area contributed by atoms with Crippen LogP contribution in [0.2, 0.25) is 5.02 Å². The van der Waals surface area contributed by atoms with Gasteiger partial charge >= 0.3 is 0 Å². The highest BCUT2D eigenvalue weighted by Crippen LogP contribution is 2.31. The molecule has 172 valence electrons. The number of carbonyl (C=O) groups is 2. The molecule has 1 aliphatic heterocycles. The Kier molecular flexibility index (Phi) is 7.30. The van der Waals surface area contributed by atoms with Crippen LogP contribution in [0.1, 0.15) is 18.4 Å². The van der Waals surface area contributed by atoms with Crippen LogP contribution in [0.5, 0.6) is 5.75 Å². The molecule has 2 aromatic carbocycles. The van der Waals surface area contributed by atoms with E-state index in [4.69, 9.17) is 22.1 Å². The van der Waals surface area contributed by atoms with Crippen LogP contribution in [-0.4, -0.2) is 51.9 Å². The number of sulfonamides is 1. The van der Waals surface area contributed by atoms with Gasteiger partial charge in [0.05, 0.1) is 12.8 Å². The van der Waals surface area contributed by atoms with Gasteiger partial charge in [0.1, 0.15) is 17.2 Å². The number of nitrogens with two attached hydrogens (primary N) is 1. The van der Waals surface area contributed by atoms with Gasteiger partial charge in [-0.15, -0.1) is 0 Å². The van der Waals surface area contributed by atoms with Crippen molar-refractivity contribution >= 4 is 39.1 Å². The van der Waals surface area contributed by atoms with Crippen molar-refractivity contribution < 1.29 is 22.7 Å². The standard InChI is InChI=1S/C22H26ClN3O5S/c1-15-3-8-19(31-2)20(13-15)32(29,30)26(18-6-4-17(23)5-7-18)14-21(27)25-11-9-16(10-12-25)22(24)28/h3-8,13,16H,9-12,14H2,1-2H3,(H2,24,28). The van der Waals surface area contributed by atoms with Crippen molar-refractivity contribution in [2.45, 2.75) is 24.7 Å². The van der Waals surface area contributed by atoms with E-state index in [-0.39, 0.29) is 28.4 Å². The van der Waals surface area contributed by atoms with Crippen LogP contribution in [-0.2, 0) is 19.6 Å². The maximum absolute atomic E-state index is 13.7. The van der Waals surface area contributed by atoms with Crippen LogP contribution in [0, 0.1) is 12.8 Å². The summed E-state index contributed by atoms with van der Waals surface area (Å²) in [6, 6.07) is 11.1. The topological polar surface area (TPSA) is 110 Å². The molecule has 2 amide bonds. The molecule has 8 nitrogen and oxygen atoms in total. The number of likely N-dealkylation sites (tertiary alicyclic amines) is 1. The fourth-order valence-electron chi connectivity index (χ4n) is 3.66. The van der Waals surface area contributed by atoms with Crippen LogP contribution in [0.3, 0.4) is 0 Å². The Morgan fingerprint density at radius 1 is 1.16 bits per heavy atom. The summed E-state index contributed by atoms with van der Waals surface area (Å²) in [5.41, 5.74) is 6.41. The molecule has 32 heavy (non-hydrogen) atoms. The number of hydrogen-bond acceptors (Lipinski definition) is 5. The summed E-state index contributed by atoms with van der Waals surface area (Å²) < 4.78 is 33.7. The first-order valence-electron chi connectivity index (χ1n) is 10.1. The van der Waals surface area contributed by atoms with Crippen molar-refractivity contribution in [3.05, 3.63) is 53.1 Å². The summed E-state index contributed by atoms with van der Waals surface area (Å²) in [5.74, 6) is -0.830. The summed E-state index contributed by atoms with van der Waals surface area (Å²) in [6.45, 7) is 2.06. The lowest BCUT2D eigenvalue weighted by Crippen LogP contribution is -2.47. The molecule has 1 heterocycles. The van der Waals surface area contributed by atoms with Gasteiger partial charge in [-0.05, 0) is 61.7 Å². The number of hydrogen-bond donors (Lipinski definition) is 1. The van der Waals surface area contributed by atoms with Gasteiger partial charge in [-0.25, -0.2) is 8.42 Å². The third-order valence-electron chi connectivity index (χ3n) is 5.53. The van der Waals surface area contributed by atoms with Gasteiger partial charge in [-0.1, -0.05) is 17.7 Å². The predicted octanol–water partition coefficient (Wildman–Crippen LogP) is 2.58. The number of rotatable bonds is 7. The second-order valence-electron chi connectivity index (χ2n) is 7.70. The van der Waals surface area contributed by atoms with E-state index in [2.05, 4.69) is 0 Å². The fourth-order valence-corrected chi connectivity index (χ4v) is 5.45. The number of piperidine rings is 1. The van der Waals surface area contributed by atoms with Gasteiger partial charge in [0.25, 0.3) is 10.0 Å². The number of primary amides is 1. The lowest BCUT2D eigenvalue weighted by atomic mass is 9.96. The molecule has 0 aliphatic carbocycles. The summed E-state index contributed by atoms with van der Waals surface area (Å²) >= 11 is 5.98. The first-order valence-corrected chi connectivity index (χ1v) is 12.0. The average molecular weight is 480 g/mol. The highest BCUT2D eigenvalue weighted by molar-refractivity contribution is 7.93.